The average Bonchev–Trinajstić information content (AvgIpc) is 2.42. The van der Waals surface area contributed by atoms with Gasteiger partial charge in [0.1, 0.15) is 5.75 Å². The minimum Gasteiger partial charge on any atom is -0.497 e. The third-order valence-corrected chi connectivity index (χ3v) is 3.25. The summed E-state index contributed by atoms with van der Waals surface area (Å²) in [5.41, 5.74) is 1.41. The molecule has 0 fully saturated rings. The van der Waals surface area contributed by atoms with Crippen LogP contribution in [0.25, 0.3) is 0 Å². The molecule has 0 radical (unpaired) electrons. The van der Waals surface area contributed by atoms with Crippen LogP contribution in [0.5, 0.6) is 5.75 Å². The predicted octanol–water partition coefficient (Wildman–Crippen LogP) is 3.80. The highest BCUT2D eigenvalue weighted by atomic mass is 16.5. The first-order valence-electron chi connectivity index (χ1n) is 7.12. The third kappa shape index (κ3) is 6.06. The number of methoxy groups -OCH3 is 1. The third-order valence-electron chi connectivity index (χ3n) is 3.25. The summed E-state index contributed by atoms with van der Waals surface area (Å²) in [6, 6.07) is 9.07. The summed E-state index contributed by atoms with van der Waals surface area (Å²) >= 11 is 0. The summed E-state index contributed by atoms with van der Waals surface area (Å²) in [5.74, 6) is 0.941. The van der Waals surface area contributed by atoms with Crippen LogP contribution in [0.1, 0.15) is 45.1 Å². The molecule has 1 N–H and O–H groups in total. The second-order valence-electron chi connectivity index (χ2n) is 4.95. The Labute approximate surface area is 112 Å². The Bertz CT molecular complexity index is 307. The van der Waals surface area contributed by atoms with Gasteiger partial charge in [-0.15, -0.1) is 0 Å². The van der Waals surface area contributed by atoms with E-state index < -0.39 is 0 Å². The first-order chi connectivity index (χ1) is 8.76. The van der Waals surface area contributed by atoms with Crippen molar-refractivity contribution in [1.29, 1.82) is 0 Å². The molecule has 18 heavy (non-hydrogen) atoms. The zero-order valence-electron chi connectivity index (χ0n) is 12.0. The number of aryl methyl sites for hydroxylation is 1. The molecule has 0 spiro atoms. The predicted molar refractivity (Wildman–Crippen MR) is 78.3 cm³/mol. The van der Waals surface area contributed by atoms with Crippen molar-refractivity contribution in [3.8, 4) is 5.75 Å². The summed E-state index contributed by atoms with van der Waals surface area (Å²) in [6.07, 6.45) is 6.23. The summed E-state index contributed by atoms with van der Waals surface area (Å²) in [6.45, 7) is 5.63. The minimum atomic E-state index is 0.654. The normalized spacial score (nSPS) is 12.4. The van der Waals surface area contributed by atoms with Crippen LogP contribution in [0, 0.1) is 0 Å². The molecule has 0 aliphatic rings. The van der Waals surface area contributed by atoms with E-state index in [-0.39, 0.29) is 0 Å². The maximum atomic E-state index is 5.16. The summed E-state index contributed by atoms with van der Waals surface area (Å²) in [5, 5.41) is 3.53. The largest absolute Gasteiger partial charge is 0.497 e. The van der Waals surface area contributed by atoms with Gasteiger partial charge in [-0.2, -0.15) is 0 Å². The Morgan fingerprint density at radius 2 is 1.89 bits per heavy atom. The molecule has 1 aromatic carbocycles. The fraction of sp³-hybridized carbons (Fsp3) is 0.625. The maximum Gasteiger partial charge on any atom is 0.118 e. The summed E-state index contributed by atoms with van der Waals surface area (Å²) in [7, 11) is 1.71. The summed E-state index contributed by atoms with van der Waals surface area (Å²) in [4.78, 5) is 0. The van der Waals surface area contributed by atoms with E-state index in [0.29, 0.717) is 6.04 Å². The fourth-order valence-corrected chi connectivity index (χ4v) is 2.06. The lowest BCUT2D eigenvalue weighted by Gasteiger charge is -2.12. The van der Waals surface area contributed by atoms with Gasteiger partial charge in [0.2, 0.25) is 0 Å². The second kappa shape index (κ2) is 8.98. The molecular weight excluding hydrogens is 222 g/mol. The van der Waals surface area contributed by atoms with Crippen molar-refractivity contribution in [2.45, 2.75) is 52.0 Å². The molecule has 0 saturated carbocycles. The molecule has 0 aromatic heterocycles. The quantitative estimate of drug-likeness (QED) is 0.672. The van der Waals surface area contributed by atoms with Crippen molar-refractivity contribution in [2.24, 2.45) is 0 Å². The summed E-state index contributed by atoms with van der Waals surface area (Å²) < 4.78 is 5.16. The molecule has 2 heteroatoms. The Kier molecular flexibility index (Phi) is 7.51. The van der Waals surface area contributed by atoms with E-state index in [0.717, 1.165) is 12.3 Å². The average molecular weight is 249 g/mol. The number of nitrogens with one attached hydrogen (secondary N) is 1. The number of ether oxygens (including phenoxy) is 1. The molecule has 0 bridgehead atoms. The van der Waals surface area contributed by atoms with E-state index in [4.69, 9.17) is 4.74 Å². The van der Waals surface area contributed by atoms with Crippen molar-refractivity contribution in [1.82, 2.24) is 5.32 Å². The SMILES string of the molecule is CCCNC(C)CCCCc1ccc(OC)cc1. The van der Waals surface area contributed by atoms with E-state index >= 15 is 0 Å². The molecule has 0 aliphatic heterocycles. The second-order valence-corrected chi connectivity index (χ2v) is 4.95. The van der Waals surface area contributed by atoms with E-state index in [9.17, 15) is 0 Å². The van der Waals surface area contributed by atoms with Crippen molar-refractivity contribution >= 4 is 0 Å². The molecule has 0 heterocycles. The smallest absolute Gasteiger partial charge is 0.118 e. The lowest BCUT2D eigenvalue weighted by molar-refractivity contribution is 0.414. The molecule has 1 rings (SSSR count). The van der Waals surface area contributed by atoms with Crippen molar-refractivity contribution < 1.29 is 4.74 Å². The van der Waals surface area contributed by atoms with Gasteiger partial charge < -0.3 is 10.1 Å². The number of hydrogen-bond acceptors (Lipinski definition) is 2. The van der Waals surface area contributed by atoms with Crippen LogP contribution >= 0.6 is 0 Å². The highest BCUT2D eigenvalue weighted by molar-refractivity contribution is 5.27. The van der Waals surface area contributed by atoms with E-state index in [1.165, 1.54) is 37.7 Å². The molecule has 0 amide bonds. The molecule has 0 saturated heterocycles. The number of hydrogen-bond donors (Lipinski definition) is 1. The first kappa shape index (κ1) is 15.0. The Balaban J connectivity index is 2.13. The zero-order chi connectivity index (χ0) is 13.2. The molecule has 102 valence electrons. The number of unbranched alkanes of at least 4 members (excludes halogenated alkanes) is 1. The molecule has 0 aliphatic carbocycles. The van der Waals surface area contributed by atoms with E-state index in [2.05, 4.69) is 31.3 Å². The van der Waals surface area contributed by atoms with Crippen LogP contribution < -0.4 is 10.1 Å². The van der Waals surface area contributed by atoms with Crippen LogP contribution in [0.2, 0.25) is 0 Å². The van der Waals surface area contributed by atoms with Crippen molar-refractivity contribution in [3.05, 3.63) is 29.8 Å². The lowest BCUT2D eigenvalue weighted by Crippen LogP contribution is -2.26. The monoisotopic (exact) mass is 249 g/mol. The topological polar surface area (TPSA) is 21.3 Å². The van der Waals surface area contributed by atoms with E-state index in [1.807, 2.05) is 12.1 Å². The van der Waals surface area contributed by atoms with Crippen LogP contribution in [0.3, 0.4) is 0 Å². The van der Waals surface area contributed by atoms with Gasteiger partial charge >= 0.3 is 0 Å². The lowest BCUT2D eigenvalue weighted by atomic mass is 10.0. The van der Waals surface area contributed by atoms with Gasteiger partial charge in [0.05, 0.1) is 7.11 Å². The Morgan fingerprint density at radius 3 is 2.50 bits per heavy atom. The highest BCUT2D eigenvalue weighted by Crippen LogP contribution is 2.13. The van der Waals surface area contributed by atoms with Gasteiger partial charge in [-0.1, -0.05) is 25.5 Å². The molecule has 1 aromatic rings. The standard InChI is InChI=1S/C16H27NO/c1-4-13-17-14(2)7-5-6-8-15-9-11-16(18-3)12-10-15/h9-12,14,17H,4-8,13H2,1-3H3. The number of rotatable bonds is 9. The van der Waals surface area contributed by atoms with Gasteiger partial charge in [0.25, 0.3) is 0 Å². The first-order valence-corrected chi connectivity index (χ1v) is 7.12. The van der Waals surface area contributed by atoms with Gasteiger partial charge in [-0.3, -0.25) is 0 Å². The Morgan fingerprint density at radius 1 is 1.17 bits per heavy atom. The Hall–Kier alpha value is -1.02. The van der Waals surface area contributed by atoms with Crippen LogP contribution in [0.15, 0.2) is 24.3 Å². The molecule has 1 unspecified atom stereocenters. The van der Waals surface area contributed by atoms with E-state index in [1.54, 1.807) is 7.11 Å². The van der Waals surface area contributed by atoms with Crippen LogP contribution in [0.4, 0.5) is 0 Å². The molecule has 2 nitrogen and oxygen atoms in total. The number of benzene rings is 1. The molecular formula is C16H27NO. The molecule has 1 atom stereocenters. The van der Waals surface area contributed by atoms with Gasteiger partial charge in [0, 0.05) is 6.04 Å². The fourth-order valence-electron chi connectivity index (χ4n) is 2.06. The highest BCUT2D eigenvalue weighted by Gasteiger charge is 2.00. The zero-order valence-corrected chi connectivity index (χ0v) is 12.0. The van der Waals surface area contributed by atoms with Crippen LogP contribution in [-0.4, -0.2) is 19.7 Å². The van der Waals surface area contributed by atoms with Crippen LogP contribution in [-0.2, 0) is 6.42 Å². The maximum absolute atomic E-state index is 5.16. The van der Waals surface area contributed by atoms with Crippen molar-refractivity contribution in [3.63, 3.8) is 0 Å². The van der Waals surface area contributed by atoms with Gasteiger partial charge in [-0.25, -0.2) is 0 Å². The van der Waals surface area contributed by atoms with Gasteiger partial charge in [0.15, 0.2) is 0 Å². The minimum absolute atomic E-state index is 0.654. The van der Waals surface area contributed by atoms with Gasteiger partial charge in [-0.05, 0) is 56.8 Å². The van der Waals surface area contributed by atoms with Crippen molar-refractivity contribution in [2.75, 3.05) is 13.7 Å².